The van der Waals surface area contributed by atoms with E-state index in [4.69, 9.17) is 0 Å². The second-order valence-corrected chi connectivity index (χ2v) is 9.18. The maximum atomic E-state index is 12.8. The van der Waals surface area contributed by atoms with Crippen LogP contribution in [0.2, 0.25) is 0 Å². The van der Waals surface area contributed by atoms with Crippen molar-refractivity contribution in [3.63, 3.8) is 0 Å². The first-order chi connectivity index (χ1) is 10.7. The van der Waals surface area contributed by atoms with Crippen LogP contribution in [0.5, 0.6) is 0 Å². The summed E-state index contributed by atoms with van der Waals surface area (Å²) in [5.74, 6) is 0. The Bertz CT molecular complexity index is 746. The molecule has 0 saturated carbocycles. The minimum atomic E-state index is -3.48. The molecule has 0 aliphatic carbocycles. The van der Waals surface area contributed by atoms with Crippen LogP contribution in [0.3, 0.4) is 0 Å². The Labute approximate surface area is 140 Å². The van der Waals surface area contributed by atoms with Crippen LogP contribution in [0.25, 0.3) is 0 Å². The normalized spacial score (nSPS) is 12.6. The molecule has 0 spiro atoms. The lowest BCUT2D eigenvalue weighted by Crippen LogP contribution is -2.26. The molecule has 0 bridgehead atoms. The third-order valence-corrected chi connectivity index (χ3v) is 5.39. The smallest absolute Gasteiger partial charge is 0.207 e. The summed E-state index contributed by atoms with van der Waals surface area (Å²) in [5, 5.41) is 0. The van der Waals surface area contributed by atoms with Crippen molar-refractivity contribution in [2.45, 2.75) is 38.6 Å². The summed E-state index contributed by atoms with van der Waals surface area (Å²) in [6.07, 6.45) is 0.846. The van der Waals surface area contributed by atoms with E-state index in [1.54, 1.807) is 19.2 Å². The summed E-state index contributed by atoms with van der Waals surface area (Å²) in [7, 11) is -1.86. The minimum Gasteiger partial charge on any atom is -0.207 e. The highest BCUT2D eigenvalue weighted by Gasteiger charge is 2.22. The van der Waals surface area contributed by atoms with Gasteiger partial charge in [0.05, 0.1) is 4.90 Å². The number of sulfonamides is 1. The largest absolute Gasteiger partial charge is 0.243 e. The van der Waals surface area contributed by atoms with Gasteiger partial charge in [0.1, 0.15) is 0 Å². The highest BCUT2D eigenvalue weighted by molar-refractivity contribution is 7.89. The molecule has 0 N–H and O–H groups in total. The van der Waals surface area contributed by atoms with E-state index in [0.29, 0.717) is 11.4 Å². The molecule has 0 atom stereocenters. The molecule has 0 heterocycles. The van der Waals surface area contributed by atoms with Gasteiger partial charge < -0.3 is 0 Å². The van der Waals surface area contributed by atoms with E-state index in [2.05, 4.69) is 20.8 Å². The van der Waals surface area contributed by atoms with Gasteiger partial charge in [-0.3, -0.25) is 0 Å². The predicted octanol–water partition coefficient (Wildman–Crippen LogP) is 4.10. The molecule has 0 fully saturated rings. The predicted molar refractivity (Wildman–Crippen MR) is 94.7 cm³/mol. The third kappa shape index (κ3) is 4.91. The number of hydrogen-bond acceptors (Lipinski definition) is 2. The van der Waals surface area contributed by atoms with Gasteiger partial charge >= 0.3 is 0 Å². The Balaban J connectivity index is 2.23. The standard InChI is InChI=1S/C19H25NO2S/c1-19(2,3)14-17-11-8-12-18(13-17)23(21,22)20(4)15-16-9-6-5-7-10-16/h5-13H,14-15H2,1-4H3. The molecular formula is C19H25NO2S. The highest BCUT2D eigenvalue weighted by Crippen LogP contribution is 2.24. The number of nitrogens with zero attached hydrogens (tertiary/aromatic N) is 1. The van der Waals surface area contributed by atoms with Crippen molar-refractivity contribution in [2.75, 3.05) is 7.05 Å². The third-order valence-electron chi connectivity index (χ3n) is 3.59. The molecule has 0 aliphatic heterocycles. The zero-order chi connectivity index (χ0) is 17.1. The van der Waals surface area contributed by atoms with Crippen LogP contribution in [-0.4, -0.2) is 19.8 Å². The lowest BCUT2D eigenvalue weighted by atomic mass is 9.88. The molecule has 4 heteroatoms. The van der Waals surface area contributed by atoms with Crippen LogP contribution >= 0.6 is 0 Å². The van der Waals surface area contributed by atoms with E-state index in [1.165, 1.54) is 4.31 Å². The van der Waals surface area contributed by atoms with E-state index in [-0.39, 0.29) is 5.41 Å². The average molecular weight is 331 g/mol. The van der Waals surface area contributed by atoms with Gasteiger partial charge in [0.25, 0.3) is 0 Å². The monoisotopic (exact) mass is 331 g/mol. The second-order valence-electron chi connectivity index (χ2n) is 7.13. The number of benzene rings is 2. The van der Waals surface area contributed by atoms with E-state index in [1.807, 2.05) is 42.5 Å². The molecule has 0 radical (unpaired) electrons. The van der Waals surface area contributed by atoms with Crippen LogP contribution in [0.15, 0.2) is 59.5 Å². The Morgan fingerprint density at radius 1 is 0.913 bits per heavy atom. The first-order valence-corrected chi connectivity index (χ1v) is 9.22. The van der Waals surface area contributed by atoms with Crippen molar-refractivity contribution in [3.8, 4) is 0 Å². The topological polar surface area (TPSA) is 37.4 Å². The maximum Gasteiger partial charge on any atom is 0.243 e. The zero-order valence-corrected chi connectivity index (χ0v) is 15.1. The Kier molecular flexibility index (Phi) is 5.27. The molecule has 0 unspecified atom stereocenters. The summed E-state index contributed by atoms with van der Waals surface area (Å²) in [6.45, 7) is 6.81. The van der Waals surface area contributed by atoms with Crippen LogP contribution in [-0.2, 0) is 23.0 Å². The molecule has 3 nitrogen and oxygen atoms in total. The van der Waals surface area contributed by atoms with Crippen molar-refractivity contribution in [2.24, 2.45) is 5.41 Å². The van der Waals surface area contributed by atoms with E-state index >= 15 is 0 Å². The van der Waals surface area contributed by atoms with E-state index in [0.717, 1.165) is 17.5 Å². The molecule has 2 rings (SSSR count). The van der Waals surface area contributed by atoms with E-state index < -0.39 is 10.0 Å². The summed E-state index contributed by atoms with van der Waals surface area (Å²) in [5.41, 5.74) is 2.15. The molecule has 0 amide bonds. The van der Waals surface area contributed by atoms with Crippen LogP contribution in [0.1, 0.15) is 31.9 Å². The van der Waals surface area contributed by atoms with Crippen molar-refractivity contribution in [1.29, 1.82) is 0 Å². The number of hydrogen-bond donors (Lipinski definition) is 0. The molecular weight excluding hydrogens is 306 g/mol. The molecule has 2 aromatic carbocycles. The van der Waals surface area contributed by atoms with E-state index in [9.17, 15) is 8.42 Å². The Hall–Kier alpha value is -1.65. The van der Waals surface area contributed by atoms with Crippen LogP contribution in [0, 0.1) is 5.41 Å². The van der Waals surface area contributed by atoms with Gasteiger partial charge in [-0.15, -0.1) is 0 Å². The summed E-state index contributed by atoms with van der Waals surface area (Å²) >= 11 is 0. The van der Waals surface area contributed by atoms with Gasteiger partial charge in [-0.2, -0.15) is 4.31 Å². The summed E-state index contributed by atoms with van der Waals surface area (Å²) in [4.78, 5) is 0.359. The Morgan fingerprint density at radius 3 is 2.13 bits per heavy atom. The molecule has 2 aromatic rings. The fourth-order valence-electron chi connectivity index (χ4n) is 2.53. The van der Waals surface area contributed by atoms with Gasteiger partial charge in [-0.25, -0.2) is 8.42 Å². The lowest BCUT2D eigenvalue weighted by Gasteiger charge is -2.20. The van der Waals surface area contributed by atoms with Gasteiger partial charge in [0, 0.05) is 13.6 Å². The Morgan fingerprint density at radius 2 is 1.52 bits per heavy atom. The first kappa shape index (κ1) is 17.7. The SMILES string of the molecule is CN(Cc1ccccc1)S(=O)(=O)c1cccc(CC(C)(C)C)c1. The van der Waals surface area contributed by atoms with Crippen molar-refractivity contribution in [3.05, 3.63) is 65.7 Å². The number of rotatable bonds is 5. The maximum absolute atomic E-state index is 12.8. The van der Waals surface area contributed by atoms with Gasteiger partial charge in [-0.05, 0) is 35.1 Å². The van der Waals surface area contributed by atoms with Gasteiger partial charge in [-0.1, -0.05) is 63.2 Å². The molecule has 0 saturated heterocycles. The summed E-state index contributed by atoms with van der Waals surface area (Å²) in [6, 6.07) is 16.9. The molecule has 0 aliphatic rings. The van der Waals surface area contributed by atoms with Crippen LogP contribution < -0.4 is 0 Å². The fraction of sp³-hybridized carbons (Fsp3) is 0.368. The first-order valence-electron chi connectivity index (χ1n) is 7.78. The van der Waals surface area contributed by atoms with Crippen molar-refractivity contribution >= 4 is 10.0 Å². The van der Waals surface area contributed by atoms with Gasteiger partial charge in [0.2, 0.25) is 10.0 Å². The molecule has 0 aromatic heterocycles. The van der Waals surface area contributed by atoms with Crippen molar-refractivity contribution < 1.29 is 8.42 Å². The van der Waals surface area contributed by atoms with Crippen LogP contribution in [0.4, 0.5) is 0 Å². The summed E-state index contributed by atoms with van der Waals surface area (Å²) < 4.78 is 27.0. The fourth-order valence-corrected chi connectivity index (χ4v) is 3.76. The zero-order valence-electron chi connectivity index (χ0n) is 14.3. The van der Waals surface area contributed by atoms with Gasteiger partial charge in [0.15, 0.2) is 0 Å². The minimum absolute atomic E-state index is 0.123. The highest BCUT2D eigenvalue weighted by atomic mass is 32.2. The molecule has 124 valence electrons. The average Bonchev–Trinajstić information content (AvgIpc) is 2.46. The quantitative estimate of drug-likeness (QED) is 0.827. The lowest BCUT2D eigenvalue weighted by molar-refractivity contribution is 0.410. The van der Waals surface area contributed by atoms with Crippen molar-refractivity contribution in [1.82, 2.24) is 4.31 Å². The second kappa shape index (κ2) is 6.85. The molecule has 23 heavy (non-hydrogen) atoms.